The molecule has 142 valence electrons. The number of thiophene rings is 1. The lowest BCUT2D eigenvalue weighted by Crippen LogP contribution is -2.47. The fourth-order valence-corrected chi connectivity index (χ4v) is 4.10. The van der Waals surface area contributed by atoms with E-state index in [0.717, 1.165) is 29.5 Å². The van der Waals surface area contributed by atoms with E-state index in [0.29, 0.717) is 17.2 Å². The minimum Gasteiger partial charge on any atom is -0.314 e. The van der Waals surface area contributed by atoms with Crippen molar-refractivity contribution in [2.75, 3.05) is 5.32 Å². The second-order valence-corrected chi connectivity index (χ2v) is 7.12. The van der Waals surface area contributed by atoms with Gasteiger partial charge in [0.15, 0.2) is 0 Å². The second-order valence-electron chi connectivity index (χ2n) is 6.24. The molecule has 1 N–H and O–H groups in total. The van der Waals surface area contributed by atoms with Crippen LogP contribution in [0.1, 0.15) is 21.5 Å². The van der Waals surface area contributed by atoms with E-state index in [4.69, 9.17) is 0 Å². The van der Waals surface area contributed by atoms with Crippen molar-refractivity contribution in [1.29, 1.82) is 0 Å². The van der Waals surface area contributed by atoms with Gasteiger partial charge in [-0.1, -0.05) is 42.5 Å². The van der Waals surface area contributed by atoms with E-state index in [-0.39, 0.29) is 10.6 Å². The molecular formula is C20H11F4NO2S. The van der Waals surface area contributed by atoms with Gasteiger partial charge in [-0.2, -0.15) is 13.2 Å². The van der Waals surface area contributed by atoms with Crippen LogP contribution in [0.4, 0.5) is 22.6 Å². The van der Waals surface area contributed by atoms with Crippen molar-refractivity contribution in [2.45, 2.75) is 11.8 Å². The molecule has 4 rings (SSSR count). The van der Waals surface area contributed by atoms with E-state index in [1.54, 1.807) is 35.7 Å². The summed E-state index contributed by atoms with van der Waals surface area (Å²) in [5, 5.41) is 4.11. The summed E-state index contributed by atoms with van der Waals surface area (Å²) in [7, 11) is 0. The molecule has 0 spiro atoms. The van der Waals surface area contributed by atoms with Gasteiger partial charge in [0.25, 0.3) is 11.6 Å². The third-order valence-electron chi connectivity index (χ3n) is 4.54. The molecule has 0 radical (unpaired) electrons. The molecule has 2 heterocycles. The zero-order valence-electron chi connectivity index (χ0n) is 14.0. The first-order valence-electron chi connectivity index (χ1n) is 8.12. The molecule has 3 aromatic rings. The number of nitrogens with one attached hydrogen (secondary N) is 1. The predicted octanol–water partition coefficient (Wildman–Crippen LogP) is 5.43. The summed E-state index contributed by atoms with van der Waals surface area (Å²) in [5.41, 5.74) is -4.03. The Morgan fingerprint density at radius 2 is 1.68 bits per heavy atom. The first-order valence-corrected chi connectivity index (χ1v) is 9.00. The lowest BCUT2D eigenvalue weighted by molar-refractivity contribution is -0.138. The quantitative estimate of drug-likeness (QED) is 0.456. The highest BCUT2D eigenvalue weighted by Gasteiger charge is 2.54. The number of rotatable bonds is 2. The number of amides is 1. The molecule has 1 aliphatic rings. The Morgan fingerprint density at radius 3 is 2.36 bits per heavy atom. The molecule has 2 aromatic carbocycles. The second kappa shape index (κ2) is 6.27. The van der Waals surface area contributed by atoms with Crippen molar-refractivity contribution < 1.29 is 27.2 Å². The molecule has 28 heavy (non-hydrogen) atoms. The van der Waals surface area contributed by atoms with E-state index in [9.17, 15) is 22.8 Å². The molecule has 0 bridgehead atoms. The van der Waals surface area contributed by atoms with Crippen LogP contribution in [0.15, 0.2) is 60.0 Å². The standard InChI is InChI=1S/C20H11F4NO2S/c21-19(12-7-4-8-13(9-12)20(22,23)24)16(26)15-14(11-5-2-1-3-6-11)10-28-17(15)25-18(19)27/h1-10H,(H,25,27). The van der Waals surface area contributed by atoms with E-state index in [2.05, 4.69) is 5.32 Å². The highest BCUT2D eigenvalue weighted by Crippen LogP contribution is 2.46. The summed E-state index contributed by atoms with van der Waals surface area (Å²) < 4.78 is 54.9. The Bertz CT molecular complexity index is 1090. The molecule has 3 nitrogen and oxygen atoms in total. The molecule has 0 saturated carbocycles. The van der Waals surface area contributed by atoms with Crippen LogP contribution in [-0.4, -0.2) is 11.7 Å². The SMILES string of the molecule is O=C1Nc2scc(-c3ccccc3)c2C(=O)C1(F)c1cccc(C(F)(F)F)c1. The van der Waals surface area contributed by atoms with Crippen LogP contribution in [0.5, 0.6) is 0 Å². The number of ketones is 1. The fourth-order valence-electron chi connectivity index (χ4n) is 3.14. The predicted molar refractivity (Wildman–Crippen MR) is 96.9 cm³/mol. The number of benzene rings is 2. The van der Waals surface area contributed by atoms with Crippen molar-refractivity contribution in [1.82, 2.24) is 0 Å². The summed E-state index contributed by atoms with van der Waals surface area (Å²) >= 11 is 1.06. The maximum atomic E-state index is 15.8. The molecule has 1 amide bonds. The Hall–Kier alpha value is -3.00. The lowest BCUT2D eigenvalue weighted by atomic mass is 9.82. The summed E-state index contributed by atoms with van der Waals surface area (Å²) in [6.07, 6.45) is -4.73. The Labute approximate surface area is 160 Å². The van der Waals surface area contributed by atoms with Gasteiger partial charge in [-0.15, -0.1) is 11.3 Å². The third-order valence-corrected chi connectivity index (χ3v) is 5.44. The smallest absolute Gasteiger partial charge is 0.314 e. The average Bonchev–Trinajstić information content (AvgIpc) is 3.10. The van der Waals surface area contributed by atoms with E-state index >= 15 is 4.39 Å². The number of Topliss-reactive ketones (excluding diaryl/α,β-unsaturated/α-hetero) is 1. The highest BCUT2D eigenvalue weighted by atomic mass is 32.1. The topological polar surface area (TPSA) is 46.2 Å². The lowest BCUT2D eigenvalue weighted by Gasteiger charge is -2.28. The molecule has 0 saturated heterocycles. The number of alkyl halides is 4. The number of anilines is 1. The highest BCUT2D eigenvalue weighted by molar-refractivity contribution is 7.15. The van der Waals surface area contributed by atoms with Crippen LogP contribution in [0, 0.1) is 0 Å². The minimum atomic E-state index is -4.73. The summed E-state index contributed by atoms with van der Waals surface area (Å²) in [6, 6.07) is 11.9. The Kier molecular flexibility index (Phi) is 4.11. The van der Waals surface area contributed by atoms with Crippen molar-refractivity contribution in [2.24, 2.45) is 0 Å². The van der Waals surface area contributed by atoms with Gasteiger partial charge in [0.05, 0.1) is 11.1 Å². The largest absolute Gasteiger partial charge is 0.416 e. The maximum absolute atomic E-state index is 15.8. The molecule has 1 aromatic heterocycles. The fraction of sp³-hybridized carbons (Fsp3) is 0.100. The van der Waals surface area contributed by atoms with Gasteiger partial charge in [0, 0.05) is 16.5 Å². The van der Waals surface area contributed by atoms with Gasteiger partial charge in [-0.05, 0) is 17.7 Å². The molecule has 1 unspecified atom stereocenters. The molecule has 0 aliphatic carbocycles. The number of carbonyl (C=O) groups is 2. The van der Waals surface area contributed by atoms with Gasteiger partial charge in [-0.25, -0.2) is 4.39 Å². The number of hydrogen-bond acceptors (Lipinski definition) is 3. The van der Waals surface area contributed by atoms with Crippen LogP contribution < -0.4 is 5.32 Å². The van der Waals surface area contributed by atoms with Crippen LogP contribution in [0.3, 0.4) is 0 Å². The zero-order chi connectivity index (χ0) is 20.1. The van der Waals surface area contributed by atoms with E-state index in [1.165, 1.54) is 0 Å². The molecular weight excluding hydrogens is 394 g/mol. The van der Waals surface area contributed by atoms with Gasteiger partial charge in [0.1, 0.15) is 5.00 Å². The maximum Gasteiger partial charge on any atom is 0.416 e. The molecule has 1 aliphatic heterocycles. The Balaban J connectivity index is 1.87. The number of carbonyl (C=O) groups excluding carboxylic acids is 2. The molecule has 8 heteroatoms. The van der Waals surface area contributed by atoms with Gasteiger partial charge >= 0.3 is 6.18 Å². The minimum absolute atomic E-state index is 0.0456. The molecule has 1 atom stereocenters. The van der Waals surface area contributed by atoms with E-state index in [1.807, 2.05) is 0 Å². The van der Waals surface area contributed by atoms with Crippen LogP contribution in [-0.2, 0) is 16.6 Å². The third kappa shape index (κ3) is 2.72. The average molecular weight is 405 g/mol. The first kappa shape index (κ1) is 18.4. The van der Waals surface area contributed by atoms with Crippen LogP contribution >= 0.6 is 11.3 Å². The summed E-state index contributed by atoms with van der Waals surface area (Å²) in [4.78, 5) is 25.5. The number of hydrogen-bond donors (Lipinski definition) is 1. The Morgan fingerprint density at radius 1 is 0.964 bits per heavy atom. The monoisotopic (exact) mass is 405 g/mol. The van der Waals surface area contributed by atoms with Gasteiger partial charge < -0.3 is 5.32 Å². The van der Waals surface area contributed by atoms with Crippen LogP contribution in [0.25, 0.3) is 11.1 Å². The number of halogens is 4. The van der Waals surface area contributed by atoms with Crippen molar-refractivity contribution >= 4 is 28.0 Å². The van der Waals surface area contributed by atoms with Crippen molar-refractivity contribution in [3.63, 3.8) is 0 Å². The van der Waals surface area contributed by atoms with Gasteiger partial charge in [-0.3, -0.25) is 9.59 Å². The zero-order valence-corrected chi connectivity index (χ0v) is 14.8. The first-order chi connectivity index (χ1) is 13.2. The van der Waals surface area contributed by atoms with Crippen molar-refractivity contribution in [3.05, 3.63) is 76.7 Å². The van der Waals surface area contributed by atoms with Crippen LogP contribution in [0.2, 0.25) is 0 Å². The normalized spacial score (nSPS) is 19.3. The van der Waals surface area contributed by atoms with E-state index < -0.39 is 34.7 Å². The molecule has 0 fully saturated rings. The van der Waals surface area contributed by atoms with Gasteiger partial charge in [0.2, 0.25) is 5.78 Å². The number of fused-ring (bicyclic) bond motifs is 1. The van der Waals surface area contributed by atoms with Crippen molar-refractivity contribution in [3.8, 4) is 11.1 Å². The summed E-state index contributed by atoms with van der Waals surface area (Å²) in [6.45, 7) is 0. The summed E-state index contributed by atoms with van der Waals surface area (Å²) in [5.74, 6) is -2.48.